The molecule has 3 unspecified atom stereocenters. The molecule has 1 fully saturated rings. The van der Waals surface area contributed by atoms with Crippen LogP contribution in [0.3, 0.4) is 0 Å². The highest BCUT2D eigenvalue weighted by molar-refractivity contribution is 7.85. The minimum Gasteiger partial charge on any atom is -0.323 e. The lowest BCUT2D eigenvalue weighted by molar-refractivity contribution is 0.590. The monoisotopic (exact) mass is 293 g/mol. The first kappa shape index (κ1) is 15.7. The Hall–Kier alpha value is -0.670. The van der Waals surface area contributed by atoms with Crippen LogP contribution in [0.4, 0.5) is 0 Å². The highest BCUT2D eigenvalue weighted by atomic mass is 32.2. The molecule has 3 heteroatoms. The van der Waals surface area contributed by atoms with Gasteiger partial charge >= 0.3 is 0 Å². The van der Waals surface area contributed by atoms with Crippen molar-refractivity contribution in [2.45, 2.75) is 57.2 Å². The molecule has 0 aromatic heterocycles. The number of hydrogen-bond acceptors (Lipinski definition) is 2. The van der Waals surface area contributed by atoms with Crippen LogP contribution >= 0.6 is 0 Å². The summed E-state index contributed by atoms with van der Waals surface area (Å²) in [5, 5.41) is 0.0306. The van der Waals surface area contributed by atoms with Crippen molar-refractivity contribution in [1.29, 1.82) is 0 Å². The maximum atomic E-state index is 12.5. The fourth-order valence-electron chi connectivity index (χ4n) is 2.97. The van der Waals surface area contributed by atoms with Crippen LogP contribution in [0.1, 0.15) is 56.7 Å². The SMILES string of the molecule is CCc1ccc(C(N)C(C)S(=O)CC2CCCC2)cc1. The molecule has 0 spiro atoms. The Morgan fingerprint density at radius 2 is 1.85 bits per heavy atom. The highest BCUT2D eigenvalue weighted by Crippen LogP contribution is 2.27. The molecule has 1 saturated carbocycles. The topological polar surface area (TPSA) is 43.1 Å². The van der Waals surface area contributed by atoms with E-state index in [1.165, 1.54) is 31.2 Å². The lowest BCUT2D eigenvalue weighted by atomic mass is 10.0. The minimum atomic E-state index is -0.817. The fraction of sp³-hybridized carbons (Fsp3) is 0.647. The van der Waals surface area contributed by atoms with E-state index < -0.39 is 10.8 Å². The zero-order chi connectivity index (χ0) is 14.5. The number of benzene rings is 1. The zero-order valence-electron chi connectivity index (χ0n) is 12.7. The summed E-state index contributed by atoms with van der Waals surface area (Å²) in [7, 11) is -0.817. The molecule has 0 aliphatic heterocycles. The summed E-state index contributed by atoms with van der Waals surface area (Å²) < 4.78 is 12.5. The molecule has 2 rings (SSSR count). The van der Waals surface area contributed by atoms with Crippen LogP contribution in [0.15, 0.2) is 24.3 Å². The van der Waals surface area contributed by atoms with Crippen molar-refractivity contribution in [3.63, 3.8) is 0 Å². The van der Waals surface area contributed by atoms with Crippen LogP contribution in [-0.4, -0.2) is 15.2 Å². The molecule has 20 heavy (non-hydrogen) atoms. The van der Waals surface area contributed by atoms with Gasteiger partial charge in [0.15, 0.2) is 0 Å². The van der Waals surface area contributed by atoms with Crippen molar-refractivity contribution >= 4 is 10.8 Å². The van der Waals surface area contributed by atoms with E-state index in [2.05, 4.69) is 31.2 Å². The van der Waals surface area contributed by atoms with Crippen LogP contribution in [0, 0.1) is 5.92 Å². The first-order valence-corrected chi connectivity index (χ1v) is 9.21. The van der Waals surface area contributed by atoms with Gasteiger partial charge in [-0.2, -0.15) is 0 Å². The van der Waals surface area contributed by atoms with Gasteiger partial charge in [-0.25, -0.2) is 0 Å². The van der Waals surface area contributed by atoms with Crippen LogP contribution in [0.5, 0.6) is 0 Å². The Morgan fingerprint density at radius 1 is 1.25 bits per heavy atom. The van der Waals surface area contributed by atoms with Gasteiger partial charge in [0.05, 0.1) is 5.25 Å². The molecule has 2 N–H and O–H groups in total. The lowest BCUT2D eigenvalue weighted by Gasteiger charge is -2.21. The standard InChI is InChI=1S/C17H27NOS/c1-3-14-8-10-16(11-9-14)17(18)13(2)20(19)12-15-6-4-5-7-15/h8-11,13,15,17H,3-7,12,18H2,1-2H3. The number of hydrogen-bond donors (Lipinski definition) is 1. The molecule has 1 aromatic carbocycles. The quantitative estimate of drug-likeness (QED) is 0.871. The van der Waals surface area contributed by atoms with E-state index in [1.54, 1.807) is 0 Å². The van der Waals surface area contributed by atoms with E-state index in [4.69, 9.17) is 5.73 Å². The second-order valence-electron chi connectivity index (χ2n) is 6.02. The second kappa shape index (κ2) is 7.37. The van der Waals surface area contributed by atoms with E-state index in [1.807, 2.05) is 6.92 Å². The summed E-state index contributed by atoms with van der Waals surface area (Å²) in [5.74, 6) is 1.50. The van der Waals surface area contributed by atoms with E-state index >= 15 is 0 Å². The Labute approximate surface area is 125 Å². The van der Waals surface area contributed by atoms with Gasteiger partial charge in [0.2, 0.25) is 0 Å². The maximum absolute atomic E-state index is 12.5. The molecule has 1 aliphatic carbocycles. The summed E-state index contributed by atoms with van der Waals surface area (Å²) >= 11 is 0. The molecule has 1 aromatic rings. The van der Waals surface area contributed by atoms with Gasteiger partial charge in [0.25, 0.3) is 0 Å². The molecule has 0 saturated heterocycles. The molecule has 1 aliphatic rings. The van der Waals surface area contributed by atoms with Crippen LogP contribution in [0.25, 0.3) is 0 Å². The van der Waals surface area contributed by atoms with Gasteiger partial charge in [-0.3, -0.25) is 4.21 Å². The van der Waals surface area contributed by atoms with Gasteiger partial charge in [0, 0.05) is 22.6 Å². The van der Waals surface area contributed by atoms with Gasteiger partial charge in [-0.15, -0.1) is 0 Å². The van der Waals surface area contributed by atoms with Crippen molar-refractivity contribution in [1.82, 2.24) is 0 Å². The Kier molecular flexibility index (Phi) is 5.79. The fourth-order valence-corrected chi connectivity index (χ4v) is 4.56. The first-order chi connectivity index (χ1) is 9.61. The molecule has 2 nitrogen and oxygen atoms in total. The van der Waals surface area contributed by atoms with E-state index in [-0.39, 0.29) is 11.3 Å². The summed E-state index contributed by atoms with van der Waals surface area (Å²) in [6, 6.07) is 8.31. The average molecular weight is 293 g/mol. The first-order valence-electron chi connectivity index (χ1n) is 7.83. The number of nitrogens with two attached hydrogens (primary N) is 1. The lowest BCUT2D eigenvalue weighted by Crippen LogP contribution is -2.30. The molecular formula is C17H27NOS. The molecule has 3 atom stereocenters. The van der Waals surface area contributed by atoms with Crippen molar-refractivity contribution in [2.75, 3.05) is 5.75 Å². The number of aryl methyl sites for hydroxylation is 1. The van der Waals surface area contributed by atoms with Gasteiger partial charge in [-0.05, 0) is 43.2 Å². The molecule has 0 heterocycles. The van der Waals surface area contributed by atoms with E-state index in [0.717, 1.165) is 17.7 Å². The second-order valence-corrected chi connectivity index (χ2v) is 7.86. The molecular weight excluding hydrogens is 266 g/mol. The molecule has 112 valence electrons. The molecule has 0 radical (unpaired) electrons. The van der Waals surface area contributed by atoms with Crippen molar-refractivity contribution in [3.05, 3.63) is 35.4 Å². The van der Waals surface area contributed by atoms with Crippen molar-refractivity contribution < 1.29 is 4.21 Å². The van der Waals surface area contributed by atoms with E-state index in [0.29, 0.717) is 5.92 Å². The molecule has 0 amide bonds. The third-order valence-electron chi connectivity index (χ3n) is 4.57. The minimum absolute atomic E-state index is 0.0306. The normalized spacial score (nSPS) is 20.8. The highest BCUT2D eigenvalue weighted by Gasteiger charge is 2.25. The zero-order valence-corrected chi connectivity index (χ0v) is 13.5. The predicted octanol–water partition coefficient (Wildman–Crippen LogP) is 3.58. The van der Waals surface area contributed by atoms with Crippen LogP contribution in [-0.2, 0) is 17.2 Å². The van der Waals surface area contributed by atoms with Crippen molar-refractivity contribution in [2.24, 2.45) is 11.7 Å². The predicted molar refractivity (Wildman–Crippen MR) is 87.2 cm³/mol. The third-order valence-corrected chi connectivity index (χ3v) is 6.49. The average Bonchev–Trinajstić information content (AvgIpc) is 2.98. The van der Waals surface area contributed by atoms with Gasteiger partial charge in [0.1, 0.15) is 0 Å². The Morgan fingerprint density at radius 3 is 2.40 bits per heavy atom. The van der Waals surface area contributed by atoms with Crippen LogP contribution in [0.2, 0.25) is 0 Å². The summed E-state index contributed by atoms with van der Waals surface area (Å²) in [4.78, 5) is 0. The maximum Gasteiger partial charge on any atom is 0.0512 e. The summed E-state index contributed by atoms with van der Waals surface area (Å²) in [6.45, 7) is 4.18. The summed E-state index contributed by atoms with van der Waals surface area (Å²) in [6.07, 6.45) is 6.15. The Balaban J connectivity index is 1.95. The third kappa shape index (κ3) is 3.92. The Bertz CT molecular complexity index is 437. The largest absolute Gasteiger partial charge is 0.323 e. The number of rotatable bonds is 6. The van der Waals surface area contributed by atoms with Gasteiger partial charge < -0.3 is 5.73 Å². The summed E-state index contributed by atoms with van der Waals surface area (Å²) in [5.41, 5.74) is 8.74. The molecule has 0 bridgehead atoms. The van der Waals surface area contributed by atoms with Crippen molar-refractivity contribution in [3.8, 4) is 0 Å². The van der Waals surface area contributed by atoms with Crippen LogP contribution < -0.4 is 5.73 Å². The van der Waals surface area contributed by atoms with Gasteiger partial charge in [-0.1, -0.05) is 44.0 Å². The smallest absolute Gasteiger partial charge is 0.0512 e. The van der Waals surface area contributed by atoms with E-state index in [9.17, 15) is 4.21 Å².